The zero-order valence-electron chi connectivity index (χ0n) is 35.8. The van der Waals surface area contributed by atoms with Gasteiger partial charge in [0.2, 0.25) is 5.79 Å². The second kappa shape index (κ2) is 17.6. The summed E-state index contributed by atoms with van der Waals surface area (Å²) in [5.74, 6) is -8.68. The van der Waals surface area contributed by atoms with Gasteiger partial charge >= 0.3 is 11.9 Å². The standard InChI is InChI=1S/C44H66O14/c1-12-28-14-15-29(33(36(28)49)40(50)51)21(3)18-22(4)34(47)25(7)35(48)26(8)37-23(5)19-24(6)43(56-37)17-16-31(46)44(58-43)27(9)39(53-11)42(10,57-44)32-20-30(45)38(55-32)41(52)54-13-2/h14-17,21-27,30-32,34,37-39,45-47,49H,12-13,18-20H2,1-11H3,(H,50,51)/t21-,22+,23-,24+,25-,26-,27+,30+,31+,32+,34-,37-,38+,39+,42-,43+,44-/m0/s1. The Labute approximate surface area is 342 Å². The average molecular weight is 819 g/mol. The number of Topliss-reactive ketones (excluding diaryl/α,β-unsaturated/α-hetero) is 1. The number of ketones is 1. The van der Waals surface area contributed by atoms with Gasteiger partial charge in [0.25, 0.3) is 0 Å². The third-order valence-corrected chi connectivity index (χ3v) is 13.7. The molecule has 1 aromatic rings. The van der Waals surface area contributed by atoms with Gasteiger partial charge in [-0.25, -0.2) is 9.59 Å². The first-order chi connectivity index (χ1) is 27.1. The summed E-state index contributed by atoms with van der Waals surface area (Å²) in [6.45, 7) is 18.3. The number of carboxylic acids is 1. The predicted octanol–water partition coefficient (Wildman–Crippen LogP) is 4.91. The highest BCUT2D eigenvalue weighted by atomic mass is 16.8. The van der Waals surface area contributed by atoms with Crippen molar-refractivity contribution < 1.29 is 68.3 Å². The van der Waals surface area contributed by atoms with Gasteiger partial charge in [-0.2, -0.15) is 0 Å². The topological polar surface area (TPSA) is 208 Å². The summed E-state index contributed by atoms with van der Waals surface area (Å²) in [6, 6.07) is 3.44. The lowest BCUT2D eigenvalue weighted by Gasteiger charge is -2.54. The molecule has 0 unspecified atom stereocenters. The number of ether oxygens (including phenoxy) is 6. The second-order valence-corrected chi connectivity index (χ2v) is 17.7. The Hall–Kier alpha value is -2.95. The Kier molecular flexibility index (Phi) is 14.0. The molecule has 0 aliphatic carbocycles. The zero-order valence-corrected chi connectivity index (χ0v) is 35.8. The van der Waals surface area contributed by atoms with Crippen molar-refractivity contribution in [3.05, 3.63) is 41.0 Å². The van der Waals surface area contributed by atoms with E-state index in [-0.39, 0.29) is 47.9 Å². The van der Waals surface area contributed by atoms with E-state index in [1.54, 1.807) is 52.0 Å². The van der Waals surface area contributed by atoms with Crippen molar-refractivity contribution in [1.29, 1.82) is 0 Å². The van der Waals surface area contributed by atoms with Crippen LogP contribution in [0.25, 0.3) is 0 Å². The molecule has 17 atom stereocenters. The quantitative estimate of drug-likeness (QED) is 0.125. The van der Waals surface area contributed by atoms with E-state index < -0.39 is 95.5 Å². The number of carbonyl (C=O) groups is 3. The highest BCUT2D eigenvalue weighted by molar-refractivity contribution is 5.93. The van der Waals surface area contributed by atoms with Crippen LogP contribution in [-0.2, 0) is 44.4 Å². The first kappa shape index (κ1) is 46.1. The van der Waals surface area contributed by atoms with Crippen LogP contribution >= 0.6 is 0 Å². The Morgan fingerprint density at radius 1 is 1.02 bits per heavy atom. The molecule has 0 radical (unpaired) electrons. The first-order valence-electron chi connectivity index (χ1n) is 20.9. The summed E-state index contributed by atoms with van der Waals surface area (Å²) in [5.41, 5.74) is -0.434. The van der Waals surface area contributed by atoms with Crippen molar-refractivity contribution in [1.82, 2.24) is 0 Å². The molecule has 0 aromatic heterocycles. The number of carbonyl (C=O) groups excluding carboxylic acids is 2. The summed E-state index contributed by atoms with van der Waals surface area (Å²) >= 11 is 0. The van der Waals surface area contributed by atoms with Gasteiger partial charge in [0.1, 0.15) is 28.8 Å². The molecule has 0 amide bonds. The largest absolute Gasteiger partial charge is 0.507 e. The molecule has 4 aliphatic heterocycles. The van der Waals surface area contributed by atoms with Crippen LogP contribution in [0.2, 0.25) is 0 Å². The summed E-state index contributed by atoms with van der Waals surface area (Å²) in [5, 5.41) is 54.7. The smallest absolute Gasteiger partial charge is 0.339 e. The average Bonchev–Trinajstić information content (AvgIpc) is 3.67. The van der Waals surface area contributed by atoms with Crippen LogP contribution in [0.1, 0.15) is 116 Å². The van der Waals surface area contributed by atoms with Crippen molar-refractivity contribution in [2.75, 3.05) is 13.7 Å². The molecule has 4 aliphatic rings. The number of aryl methyl sites for hydroxylation is 1. The minimum absolute atomic E-state index is 0.0480. The predicted molar refractivity (Wildman–Crippen MR) is 211 cm³/mol. The van der Waals surface area contributed by atoms with Crippen LogP contribution in [0.4, 0.5) is 0 Å². The monoisotopic (exact) mass is 818 g/mol. The van der Waals surface area contributed by atoms with Gasteiger partial charge in [0, 0.05) is 37.2 Å². The van der Waals surface area contributed by atoms with Gasteiger partial charge in [-0.15, -0.1) is 0 Å². The van der Waals surface area contributed by atoms with E-state index in [1.807, 2.05) is 41.5 Å². The minimum atomic E-state index is -1.71. The number of rotatable bonds is 14. The third-order valence-electron chi connectivity index (χ3n) is 13.7. The highest BCUT2D eigenvalue weighted by Crippen LogP contribution is 2.56. The Morgan fingerprint density at radius 3 is 2.29 bits per heavy atom. The van der Waals surface area contributed by atoms with Crippen LogP contribution in [0.15, 0.2) is 24.3 Å². The fourth-order valence-corrected chi connectivity index (χ4v) is 10.4. The van der Waals surface area contributed by atoms with Gasteiger partial charge in [0.05, 0.1) is 37.1 Å². The fourth-order valence-electron chi connectivity index (χ4n) is 10.4. The summed E-state index contributed by atoms with van der Waals surface area (Å²) in [4.78, 5) is 39.0. The zero-order chi connectivity index (χ0) is 43.2. The number of aliphatic hydroxyl groups excluding tert-OH is 3. The number of methoxy groups -OCH3 is 1. The first-order valence-corrected chi connectivity index (χ1v) is 20.9. The number of benzene rings is 1. The van der Waals surface area contributed by atoms with Crippen LogP contribution in [0.5, 0.6) is 5.75 Å². The molecule has 5 N–H and O–H groups in total. The van der Waals surface area contributed by atoms with Crippen molar-refractivity contribution in [2.24, 2.45) is 35.5 Å². The molecule has 14 heteroatoms. The number of aromatic carboxylic acids is 1. The van der Waals surface area contributed by atoms with Crippen LogP contribution in [0.3, 0.4) is 0 Å². The molecule has 0 bridgehead atoms. The van der Waals surface area contributed by atoms with E-state index in [4.69, 9.17) is 28.4 Å². The lowest BCUT2D eigenvalue weighted by Crippen LogP contribution is -2.64. The molecule has 3 saturated heterocycles. The number of phenols is 1. The van der Waals surface area contributed by atoms with E-state index in [0.717, 1.165) is 0 Å². The Bertz CT molecular complexity index is 1700. The SMILES string of the molecule is CCOC(=O)[C@@H]1O[C@@H]([C@]2(C)O[C@]3(O[C@@]4(C=C[C@H]3O)O[C@H]([C@@H](C)C(=O)[C@@H](C)[C@@H](O)[C@H](C)C[C@H](C)c3ccc(CC)c(O)c3C(=O)O)[C@@H](C)C[C@H]4C)[C@H](C)[C@H]2OC)C[C@H]1O. The van der Waals surface area contributed by atoms with Crippen molar-refractivity contribution in [3.8, 4) is 5.75 Å². The third kappa shape index (κ3) is 8.00. The Morgan fingerprint density at radius 2 is 1.69 bits per heavy atom. The van der Waals surface area contributed by atoms with Gasteiger partial charge in [-0.3, -0.25) is 4.79 Å². The van der Waals surface area contributed by atoms with Crippen molar-refractivity contribution in [3.63, 3.8) is 0 Å². The molecular weight excluding hydrogens is 752 g/mol. The normalized spacial score (nSPS) is 38.7. The highest BCUT2D eigenvalue weighted by Gasteiger charge is 2.70. The summed E-state index contributed by atoms with van der Waals surface area (Å²) < 4.78 is 37.8. The summed E-state index contributed by atoms with van der Waals surface area (Å²) in [7, 11) is 1.51. The second-order valence-electron chi connectivity index (χ2n) is 17.7. The molecule has 326 valence electrons. The summed E-state index contributed by atoms with van der Waals surface area (Å²) in [6.07, 6.45) is -2.14. The molecular formula is C44H66O14. The molecule has 14 nitrogen and oxygen atoms in total. The van der Waals surface area contributed by atoms with Crippen LogP contribution in [0, 0.1) is 35.5 Å². The lowest BCUT2D eigenvalue weighted by molar-refractivity contribution is -0.414. The number of aromatic hydroxyl groups is 1. The van der Waals surface area contributed by atoms with E-state index in [2.05, 4.69) is 0 Å². The van der Waals surface area contributed by atoms with Gasteiger partial charge in [-0.05, 0) is 74.1 Å². The van der Waals surface area contributed by atoms with Crippen molar-refractivity contribution in [2.45, 2.75) is 161 Å². The van der Waals surface area contributed by atoms with Gasteiger partial charge in [-0.1, -0.05) is 67.5 Å². The molecule has 3 fully saturated rings. The maximum absolute atomic E-state index is 14.3. The number of hydrogen-bond acceptors (Lipinski definition) is 13. The molecule has 2 spiro atoms. The number of hydrogen-bond donors (Lipinski definition) is 5. The van der Waals surface area contributed by atoms with Gasteiger partial charge in [0.15, 0.2) is 11.9 Å². The van der Waals surface area contributed by atoms with E-state index in [9.17, 15) is 39.9 Å². The molecule has 4 heterocycles. The van der Waals surface area contributed by atoms with Gasteiger partial charge < -0.3 is 54.0 Å². The number of carboxylic acid groups (broad SMARTS) is 1. The van der Waals surface area contributed by atoms with E-state index >= 15 is 0 Å². The van der Waals surface area contributed by atoms with E-state index in [0.29, 0.717) is 30.4 Å². The van der Waals surface area contributed by atoms with Crippen LogP contribution < -0.4 is 0 Å². The Balaban J connectivity index is 1.34. The lowest BCUT2D eigenvalue weighted by atomic mass is 9.74. The molecule has 5 rings (SSSR count). The van der Waals surface area contributed by atoms with Crippen LogP contribution in [-0.4, -0.2) is 117 Å². The van der Waals surface area contributed by atoms with E-state index in [1.165, 1.54) is 7.11 Å². The number of aliphatic hydroxyl groups is 3. The maximum Gasteiger partial charge on any atom is 0.339 e. The minimum Gasteiger partial charge on any atom is -0.507 e. The number of esters is 1. The maximum atomic E-state index is 14.3. The molecule has 1 aromatic carbocycles. The molecule has 58 heavy (non-hydrogen) atoms. The fraction of sp³-hybridized carbons (Fsp3) is 0.750. The molecule has 0 saturated carbocycles. The van der Waals surface area contributed by atoms with Crippen molar-refractivity contribution >= 4 is 17.7 Å².